The standard InChI is InChI=1S/C17H20N4O2S/c1-13(16-5-4-10-24-16)20-23-12-17(22)19-18-11-14-6-8-15(9-7-14)21(2)3/h4-11H,12H2,1-3H3,(H,19,22)/b18-11-,20-13+. The van der Waals surface area contributed by atoms with Crippen molar-refractivity contribution in [1.82, 2.24) is 5.43 Å². The maximum absolute atomic E-state index is 11.6. The van der Waals surface area contributed by atoms with Crippen molar-refractivity contribution in [2.24, 2.45) is 10.3 Å². The van der Waals surface area contributed by atoms with Gasteiger partial charge in [0.25, 0.3) is 5.91 Å². The first kappa shape index (κ1) is 17.7. The maximum atomic E-state index is 11.6. The number of anilines is 1. The average Bonchev–Trinajstić information content (AvgIpc) is 3.10. The van der Waals surface area contributed by atoms with Crippen LogP contribution in [0.1, 0.15) is 17.4 Å². The first-order valence-electron chi connectivity index (χ1n) is 7.36. The van der Waals surface area contributed by atoms with Crippen LogP contribution in [0.15, 0.2) is 52.0 Å². The highest BCUT2D eigenvalue weighted by Gasteiger charge is 2.02. The van der Waals surface area contributed by atoms with Crippen LogP contribution in [-0.2, 0) is 9.63 Å². The summed E-state index contributed by atoms with van der Waals surface area (Å²) in [7, 11) is 3.96. The quantitative estimate of drug-likeness (QED) is 0.620. The number of carbonyl (C=O) groups is 1. The SMILES string of the molecule is C/C(=N\OCC(=O)N/N=C\c1ccc(N(C)C)cc1)c1cccs1. The van der Waals surface area contributed by atoms with Crippen molar-refractivity contribution in [2.45, 2.75) is 6.92 Å². The molecule has 2 aromatic rings. The summed E-state index contributed by atoms with van der Waals surface area (Å²) in [4.78, 5) is 19.7. The van der Waals surface area contributed by atoms with E-state index in [4.69, 9.17) is 4.84 Å². The number of rotatable bonds is 7. The first-order chi connectivity index (χ1) is 11.6. The molecule has 0 fully saturated rings. The molecule has 1 heterocycles. The van der Waals surface area contributed by atoms with Gasteiger partial charge in [0, 0.05) is 19.8 Å². The van der Waals surface area contributed by atoms with Crippen LogP contribution in [0.25, 0.3) is 0 Å². The Bertz CT molecular complexity index is 707. The highest BCUT2D eigenvalue weighted by atomic mass is 32.1. The number of oxime groups is 1. The summed E-state index contributed by atoms with van der Waals surface area (Å²) in [5, 5.41) is 9.77. The van der Waals surface area contributed by atoms with Gasteiger partial charge in [0.05, 0.1) is 16.8 Å². The molecule has 0 aliphatic rings. The lowest BCUT2D eigenvalue weighted by Gasteiger charge is -2.11. The molecule has 0 saturated heterocycles. The molecule has 7 heteroatoms. The smallest absolute Gasteiger partial charge is 0.280 e. The Morgan fingerprint density at radius 2 is 2.04 bits per heavy atom. The number of benzene rings is 1. The molecule has 1 N–H and O–H groups in total. The van der Waals surface area contributed by atoms with Crippen molar-refractivity contribution in [3.05, 3.63) is 52.2 Å². The molecule has 0 saturated carbocycles. The molecule has 0 spiro atoms. The summed E-state index contributed by atoms with van der Waals surface area (Å²) in [6.45, 7) is 1.65. The molecule has 0 radical (unpaired) electrons. The minimum atomic E-state index is -0.362. The third-order valence-electron chi connectivity index (χ3n) is 3.09. The molecule has 0 aliphatic heterocycles. The van der Waals surface area contributed by atoms with E-state index in [1.54, 1.807) is 17.6 Å². The molecular formula is C17H20N4O2S. The molecule has 1 aromatic heterocycles. The van der Waals surface area contributed by atoms with E-state index in [-0.39, 0.29) is 12.5 Å². The molecular weight excluding hydrogens is 324 g/mol. The second-order valence-corrected chi connectivity index (χ2v) is 6.15. The second kappa shape index (κ2) is 8.83. The van der Waals surface area contributed by atoms with Crippen LogP contribution in [-0.4, -0.2) is 38.5 Å². The normalized spacial score (nSPS) is 11.5. The van der Waals surface area contributed by atoms with Crippen LogP contribution < -0.4 is 10.3 Å². The van der Waals surface area contributed by atoms with Gasteiger partial charge in [-0.15, -0.1) is 11.3 Å². The monoisotopic (exact) mass is 344 g/mol. The lowest BCUT2D eigenvalue weighted by molar-refractivity contribution is -0.125. The van der Waals surface area contributed by atoms with E-state index < -0.39 is 0 Å². The van der Waals surface area contributed by atoms with E-state index in [2.05, 4.69) is 15.7 Å². The van der Waals surface area contributed by atoms with Crippen LogP contribution in [0.4, 0.5) is 5.69 Å². The van der Waals surface area contributed by atoms with Crippen molar-refractivity contribution in [1.29, 1.82) is 0 Å². The molecule has 1 amide bonds. The molecule has 1 aromatic carbocycles. The highest BCUT2D eigenvalue weighted by molar-refractivity contribution is 7.12. The maximum Gasteiger partial charge on any atom is 0.280 e. The van der Waals surface area contributed by atoms with Gasteiger partial charge in [-0.1, -0.05) is 23.4 Å². The lowest BCUT2D eigenvalue weighted by atomic mass is 10.2. The summed E-state index contributed by atoms with van der Waals surface area (Å²) in [6.07, 6.45) is 1.58. The average molecular weight is 344 g/mol. The van der Waals surface area contributed by atoms with E-state index in [0.717, 1.165) is 21.8 Å². The van der Waals surface area contributed by atoms with E-state index in [1.165, 1.54) is 0 Å². The number of nitrogens with zero attached hydrogens (tertiary/aromatic N) is 3. The predicted octanol–water partition coefficient (Wildman–Crippen LogP) is 2.71. The number of thiophene rings is 1. The number of carbonyl (C=O) groups excluding carboxylic acids is 1. The number of hydrogen-bond acceptors (Lipinski definition) is 6. The summed E-state index contributed by atoms with van der Waals surface area (Å²) >= 11 is 1.57. The summed E-state index contributed by atoms with van der Waals surface area (Å²) in [5.41, 5.74) is 5.14. The van der Waals surface area contributed by atoms with Gasteiger partial charge in [-0.2, -0.15) is 5.10 Å². The van der Waals surface area contributed by atoms with Gasteiger partial charge in [0.2, 0.25) is 0 Å². The van der Waals surface area contributed by atoms with E-state index in [9.17, 15) is 4.79 Å². The Morgan fingerprint density at radius 3 is 2.67 bits per heavy atom. The second-order valence-electron chi connectivity index (χ2n) is 5.21. The number of hydrogen-bond donors (Lipinski definition) is 1. The Kier molecular flexibility index (Phi) is 6.51. The van der Waals surface area contributed by atoms with Crippen molar-refractivity contribution < 1.29 is 9.63 Å². The van der Waals surface area contributed by atoms with Gasteiger partial charge >= 0.3 is 0 Å². The van der Waals surface area contributed by atoms with Crippen molar-refractivity contribution in [2.75, 3.05) is 25.6 Å². The van der Waals surface area contributed by atoms with Crippen LogP contribution in [0.2, 0.25) is 0 Å². The zero-order valence-corrected chi connectivity index (χ0v) is 14.7. The Balaban J connectivity index is 1.75. The van der Waals surface area contributed by atoms with Gasteiger partial charge in [-0.3, -0.25) is 4.79 Å². The molecule has 126 valence electrons. The summed E-state index contributed by atoms with van der Waals surface area (Å²) < 4.78 is 0. The van der Waals surface area contributed by atoms with Gasteiger partial charge < -0.3 is 9.74 Å². The summed E-state index contributed by atoms with van der Waals surface area (Å²) in [6, 6.07) is 11.7. The van der Waals surface area contributed by atoms with Gasteiger partial charge in [0.1, 0.15) is 0 Å². The zero-order chi connectivity index (χ0) is 17.4. The minimum Gasteiger partial charge on any atom is -0.385 e. The van der Waals surface area contributed by atoms with Gasteiger partial charge in [-0.05, 0) is 36.1 Å². The van der Waals surface area contributed by atoms with E-state index >= 15 is 0 Å². The number of amides is 1. The largest absolute Gasteiger partial charge is 0.385 e. The third-order valence-corrected chi connectivity index (χ3v) is 4.07. The van der Waals surface area contributed by atoms with Crippen LogP contribution in [0.3, 0.4) is 0 Å². The van der Waals surface area contributed by atoms with Crippen molar-refractivity contribution in [3.8, 4) is 0 Å². The molecule has 2 rings (SSSR count). The minimum absolute atomic E-state index is 0.181. The van der Waals surface area contributed by atoms with Crippen LogP contribution in [0.5, 0.6) is 0 Å². The molecule has 0 bridgehead atoms. The molecule has 24 heavy (non-hydrogen) atoms. The van der Waals surface area contributed by atoms with E-state index in [1.807, 2.05) is 67.7 Å². The van der Waals surface area contributed by atoms with Crippen molar-refractivity contribution >= 4 is 34.9 Å². The zero-order valence-electron chi connectivity index (χ0n) is 13.9. The fraction of sp³-hybridized carbons (Fsp3) is 0.235. The Morgan fingerprint density at radius 1 is 1.29 bits per heavy atom. The Hall–Kier alpha value is -2.67. The summed E-state index contributed by atoms with van der Waals surface area (Å²) in [5.74, 6) is -0.362. The number of hydrazone groups is 1. The number of nitrogens with one attached hydrogen (secondary N) is 1. The molecule has 0 atom stereocenters. The van der Waals surface area contributed by atoms with Gasteiger partial charge in [-0.25, -0.2) is 5.43 Å². The third kappa shape index (κ3) is 5.51. The topological polar surface area (TPSA) is 66.3 Å². The van der Waals surface area contributed by atoms with Crippen LogP contribution in [0, 0.1) is 0 Å². The highest BCUT2D eigenvalue weighted by Crippen LogP contribution is 2.11. The molecule has 6 nitrogen and oxygen atoms in total. The fourth-order valence-corrected chi connectivity index (χ4v) is 2.46. The predicted molar refractivity (Wildman–Crippen MR) is 99.0 cm³/mol. The Labute approximate surface area is 145 Å². The molecule has 0 aliphatic carbocycles. The van der Waals surface area contributed by atoms with Crippen molar-refractivity contribution in [3.63, 3.8) is 0 Å². The van der Waals surface area contributed by atoms with E-state index in [0.29, 0.717) is 0 Å². The fourth-order valence-electron chi connectivity index (χ4n) is 1.79. The van der Waals surface area contributed by atoms with Crippen LogP contribution >= 0.6 is 11.3 Å². The van der Waals surface area contributed by atoms with Gasteiger partial charge in [0.15, 0.2) is 6.61 Å². The first-order valence-corrected chi connectivity index (χ1v) is 8.24. The molecule has 0 unspecified atom stereocenters. The lowest BCUT2D eigenvalue weighted by Crippen LogP contribution is -2.22.